The number of ether oxygens (including phenoxy) is 2. The number of halogens is 1. The minimum atomic E-state index is -1.44. The largest absolute Gasteiger partial charge is 0.480 e. The third-order valence-corrected chi connectivity index (χ3v) is 3.16. The van der Waals surface area contributed by atoms with Gasteiger partial charge in [-0.1, -0.05) is 6.07 Å². The maximum absolute atomic E-state index is 13.5. The second-order valence-corrected chi connectivity index (χ2v) is 4.62. The van der Waals surface area contributed by atoms with Crippen LogP contribution in [0, 0.1) is 5.82 Å². The quantitative estimate of drug-likeness (QED) is 0.902. The molecular weight excluding hydrogens is 281 g/mol. The lowest BCUT2D eigenvalue weighted by Crippen LogP contribution is -2.46. The number of nitrogens with zero attached hydrogens (tertiary/aromatic N) is 1. The van der Waals surface area contributed by atoms with Crippen LogP contribution in [0.15, 0.2) is 18.2 Å². The van der Waals surface area contributed by atoms with Crippen molar-refractivity contribution in [1.29, 1.82) is 0 Å². The second-order valence-electron chi connectivity index (χ2n) is 4.62. The van der Waals surface area contributed by atoms with E-state index < -0.39 is 23.5 Å². The summed E-state index contributed by atoms with van der Waals surface area (Å²) in [4.78, 5) is 24.8. The van der Waals surface area contributed by atoms with Gasteiger partial charge in [0, 0.05) is 13.1 Å². The van der Waals surface area contributed by atoms with Gasteiger partial charge in [-0.05, 0) is 19.1 Å². The maximum atomic E-state index is 13.5. The van der Waals surface area contributed by atoms with Gasteiger partial charge in [0.05, 0.1) is 13.2 Å². The Hall–Kier alpha value is -2.15. The highest BCUT2D eigenvalue weighted by Crippen LogP contribution is 2.23. The molecule has 0 radical (unpaired) electrons. The van der Waals surface area contributed by atoms with E-state index in [0.717, 1.165) is 6.07 Å². The van der Waals surface area contributed by atoms with Crippen LogP contribution in [-0.2, 0) is 9.53 Å². The Labute approximate surface area is 121 Å². The lowest BCUT2D eigenvalue weighted by molar-refractivity contribution is -0.142. The van der Waals surface area contributed by atoms with Crippen LogP contribution in [0.2, 0.25) is 0 Å². The summed E-state index contributed by atoms with van der Waals surface area (Å²) in [5, 5.41) is 9.01. The molecule has 1 aromatic carbocycles. The number of rotatable bonds is 4. The number of carbonyl (C=O) groups excluding carboxylic acids is 1. The average molecular weight is 297 g/mol. The van der Waals surface area contributed by atoms with Crippen molar-refractivity contribution in [1.82, 2.24) is 4.90 Å². The predicted molar refractivity (Wildman–Crippen MR) is 70.8 cm³/mol. The van der Waals surface area contributed by atoms with Crippen molar-refractivity contribution >= 4 is 11.9 Å². The normalized spacial score (nSPS) is 16.4. The number of morpholine rings is 1. The van der Waals surface area contributed by atoms with Crippen molar-refractivity contribution in [2.45, 2.75) is 13.0 Å². The minimum Gasteiger partial charge on any atom is -0.480 e. The maximum Gasteiger partial charge on any atom is 0.342 e. The molecule has 0 spiro atoms. The van der Waals surface area contributed by atoms with Gasteiger partial charge in [-0.15, -0.1) is 0 Å². The molecule has 1 aliphatic heterocycles. The standard InChI is InChI=1S/C14H16FNO5/c1-9(13(17)16-5-7-20-8-6-16)21-11-4-2-3-10(15)12(11)14(18)19/h2-4,9H,5-8H2,1H3,(H,18,19). The highest BCUT2D eigenvalue weighted by Gasteiger charge is 2.26. The summed E-state index contributed by atoms with van der Waals surface area (Å²) in [6.07, 6.45) is -0.900. The predicted octanol–water partition coefficient (Wildman–Crippen LogP) is 1.15. The molecule has 0 aromatic heterocycles. The van der Waals surface area contributed by atoms with Gasteiger partial charge in [0.25, 0.3) is 5.91 Å². The Morgan fingerprint density at radius 3 is 2.67 bits per heavy atom. The molecule has 1 saturated heterocycles. The molecule has 0 bridgehead atoms. The molecule has 0 aliphatic carbocycles. The zero-order valence-corrected chi connectivity index (χ0v) is 11.5. The third kappa shape index (κ3) is 3.49. The first-order valence-corrected chi connectivity index (χ1v) is 6.55. The summed E-state index contributed by atoms with van der Waals surface area (Å²) in [6, 6.07) is 3.70. The van der Waals surface area contributed by atoms with E-state index >= 15 is 0 Å². The van der Waals surface area contributed by atoms with E-state index in [-0.39, 0.29) is 11.7 Å². The molecule has 1 unspecified atom stereocenters. The molecule has 21 heavy (non-hydrogen) atoms. The van der Waals surface area contributed by atoms with Crippen LogP contribution in [0.4, 0.5) is 4.39 Å². The van der Waals surface area contributed by atoms with E-state index in [9.17, 15) is 14.0 Å². The van der Waals surface area contributed by atoms with Crippen LogP contribution in [-0.4, -0.2) is 54.3 Å². The summed E-state index contributed by atoms with van der Waals surface area (Å²) in [7, 11) is 0. The zero-order valence-electron chi connectivity index (χ0n) is 11.5. The van der Waals surface area contributed by atoms with Crippen molar-refractivity contribution in [2.75, 3.05) is 26.3 Å². The van der Waals surface area contributed by atoms with Crippen molar-refractivity contribution in [3.05, 3.63) is 29.6 Å². The Morgan fingerprint density at radius 2 is 2.05 bits per heavy atom. The molecule has 114 valence electrons. The van der Waals surface area contributed by atoms with Gasteiger partial charge in [0.15, 0.2) is 6.10 Å². The van der Waals surface area contributed by atoms with E-state index in [1.807, 2.05) is 0 Å². The molecule has 7 heteroatoms. The van der Waals surface area contributed by atoms with Gasteiger partial charge in [-0.25, -0.2) is 9.18 Å². The highest BCUT2D eigenvalue weighted by molar-refractivity contribution is 5.91. The molecule has 1 atom stereocenters. The molecule has 1 heterocycles. The van der Waals surface area contributed by atoms with Crippen molar-refractivity contribution in [3.8, 4) is 5.75 Å². The van der Waals surface area contributed by atoms with Crippen LogP contribution < -0.4 is 4.74 Å². The molecule has 1 amide bonds. The van der Waals surface area contributed by atoms with Gasteiger partial charge in [0.2, 0.25) is 0 Å². The van der Waals surface area contributed by atoms with Gasteiger partial charge < -0.3 is 19.5 Å². The Bertz CT molecular complexity index is 542. The van der Waals surface area contributed by atoms with Gasteiger partial charge >= 0.3 is 5.97 Å². The number of amides is 1. The van der Waals surface area contributed by atoms with E-state index in [1.165, 1.54) is 19.1 Å². The zero-order chi connectivity index (χ0) is 15.4. The summed E-state index contributed by atoms with van der Waals surface area (Å²) in [6.45, 7) is 3.34. The van der Waals surface area contributed by atoms with Crippen LogP contribution >= 0.6 is 0 Å². The fourth-order valence-electron chi connectivity index (χ4n) is 2.09. The van der Waals surface area contributed by atoms with Crippen LogP contribution in [0.1, 0.15) is 17.3 Å². The summed E-state index contributed by atoms with van der Waals surface area (Å²) in [5.41, 5.74) is -0.570. The van der Waals surface area contributed by atoms with Gasteiger partial charge in [0.1, 0.15) is 17.1 Å². The first kappa shape index (κ1) is 15.2. The van der Waals surface area contributed by atoms with Crippen molar-refractivity contribution in [3.63, 3.8) is 0 Å². The number of carboxylic acid groups (broad SMARTS) is 1. The molecule has 0 saturated carbocycles. The molecular formula is C14H16FNO5. The molecule has 1 N–H and O–H groups in total. The lowest BCUT2D eigenvalue weighted by atomic mass is 10.2. The topological polar surface area (TPSA) is 76.1 Å². The number of carboxylic acids is 1. The Morgan fingerprint density at radius 1 is 1.38 bits per heavy atom. The Balaban J connectivity index is 2.12. The molecule has 6 nitrogen and oxygen atoms in total. The number of benzene rings is 1. The van der Waals surface area contributed by atoms with E-state index in [2.05, 4.69) is 0 Å². The van der Waals surface area contributed by atoms with Crippen LogP contribution in [0.25, 0.3) is 0 Å². The minimum absolute atomic E-state index is 0.156. The number of aromatic carboxylic acids is 1. The van der Waals surface area contributed by atoms with E-state index in [0.29, 0.717) is 26.3 Å². The molecule has 1 aliphatic rings. The number of hydrogen-bond donors (Lipinski definition) is 1. The van der Waals surface area contributed by atoms with E-state index in [4.69, 9.17) is 14.6 Å². The third-order valence-electron chi connectivity index (χ3n) is 3.16. The second kappa shape index (κ2) is 6.53. The molecule has 1 fully saturated rings. The fourth-order valence-corrected chi connectivity index (χ4v) is 2.09. The summed E-state index contributed by atoms with van der Waals surface area (Å²) < 4.78 is 24.0. The monoisotopic (exact) mass is 297 g/mol. The number of hydrogen-bond acceptors (Lipinski definition) is 4. The highest BCUT2D eigenvalue weighted by atomic mass is 19.1. The number of carbonyl (C=O) groups is 2. The molecule has 1 aromatic rings. The van der Waals surface area contributed by atoms with Crippen LogP contribution in [0.5, 0.6) is 5.75 Å². The van der Waals surface area contributed by atoms with Gasteiger partial charge in [-0.3, -0.25) is 4.79 Å². The summed E-state index contributed by atoms with van der Waals surface area (Å²) >= 11 is 0. The van der Waals surface area contributed by atoms with Crippen molar-refractivity contribution in [2.24, 2.45) is 0 Å². The van der Waals surface area contributed by atoms with Gasteiger partial charge in [-0.2, -0.15) is 0 Å². The van der Waals surface area contributed by atoms with Crippen molar-refractivity contribution < 1.29 is 28.6 Å². The van der Waals surface area contributed by atoms with E-state index in [1.54, 1.807) is 4.90 Å². The molecule has 2 rings (SSSR count). The summed E-state index contributed by atoms with van der Waals surface area (Å²) in [5.74, 6) is -2.77. The smallest absolute Gasteiger partial charge is 0.342 e. The Kier molecular flexibility index (Phi) is 4.74. The van der Waals surface area contributed by atoms with Crippen LogP contribution in [0.3, 0.4) is 0 Å². The fraction of sp³-hybridized carbons (Fsp3) is 0.429. The first-order valence-electron chi connectivity index (χ1n) is 6.55. The first-order chi connectivity index (χ1) is 10.0. The SMILES string of the molecule is CC(Oc1cccc(F)c1C(=O)O)C(=O)N1CCOCC1. The lowest BCUT2D eigenvalue weighted by Gasteiger charge is -2.29. The average Bonchev–Trinajstić information content (AvgIpc) is 2.47.